The number of nitrogens with zero attached hydrogens (tertiary/aromatic N) is 1. The molecule has 0 spiro atoms. The SMILES string of the molecule is CC1(C)C(NCc2cccc(/C(N)=N/O)c2F)C1(C)C. The summed E-state index contributed by atoms with van der Waals surface area (Å²) in [5.41, 5.74) is 6.51. The molecular weight excluding hydrogens is 257 g/mol. The Morgan fingerprint density at radius 3 is 2.45 bits per heavy atom. The average Bonchev–Trinajstić information content (AvgIpc) is 2.78. The molecule has 0 aliphatic heterocycles. The second-order valence-electron chi connectivity index (χ2n) is 6.52. The number of hydrogen-bond acceptors (Lipinski definition) is 3. The van der Waals surface area contributed by atoms with Crippen LogP contribution in [0.15, 0.2) is 23.4 Å². The lowest BCUT2D eigenvalue weighted by atomic mass is 10.0. The molecule has 5 heteroatoms. The van der Waals surface area contributed by atoms with E-state index >= 15 is 0 Å². The second kappa shape index (κ2) is 4.74. The molecule has 0 heterocycles. The van der Waals surface area contributed by atoms with E-state index in [1.54, 1.807) is 12.1 Å². The third-order valence-electron chi connectivity index (χ3n) is 4.98. The lowest BCUT2D eigenvalue weighted by molar-refractivity contribution is 0.318. The standard InChI is InChI=1S/C15H22FN3O/c1-14(2)13(15(14,3)4)18-8-9-6-5-7-10(11(9)16)12(17)19-20/h5-7,13,18,20H,8H2,1-4H3,(H2,17,19). The number of hydrogen-bond donors (Lipinski definition) is 3. The normalized spacial score (nSPS) is 20.9. The second-order valence-corrected chi connectivity index (χ2v) is 6.52. The molecule has 1 aliphatic rings. The number of oxime groups is 1. The van der Waals surface area contributed by atoms with Crippen LogP contribution < -0.4 is 11.1 Å². The van der Waals surface area contributed by atoms with Gasteiger partial charge in [-0.3, -0.25) is 0 Å². The first-order valence-electron chi connectivity index (χ1n) is 6.72. The molecule has 1 aliphatic carbocycles. The van der Waals surface area contributed by atoms with Gasteiger partial charge in [-0.25, -0.2) is 4.39 Å². The first-order valence-corrected chi connectivity index (χ1v) is 6.72. The highest BCUT2D eigenvalue weighted by Crippen LogP contribution is 2.62. The molecule has 0 unspecified atom stereocenters. The molecule has 110 valence electrons. The molecule has 0 bridgehead atoms. The summed E-state index contributed by atoms with van der Waals surface area (Å²) in [7, 11) is 0. The van der Waals surface area contributed by atoms with Crippen LogP contribution in [0.4, 0.5) is 4.39 Å². The maximum atomic E-state index is 14.3. The van der Waals surface area contributed by atoms with Crippen LogP contribution in [0.3, 0.4) is 0 Å². The van der Waals surface area contributed by atoms with Crippen LogP contribution in [0.5, 0.6) is 0 Å². The highest BCUT2D eigenvalue weighted by atomic mass is 19.1. The fourth-order valence-electron chi connectivity index (χ4n) is 2.89. The van der Waals surface area contributed by atoms with Gasteiger partial charge in [0.2, 0.25) is 0 Å². The van der Waals surface area contributed by atoms with E-state index in [-0.39, 0.29) is 22.2 Å². The molecule has 1 aromatic rings. The molecule has 0 aromatic heterocycles. The van der Waals surface area contributed by atoms with Crippen LogP contribution in [-0.4, -0.2) is 17.1 Å². The van der Waals surface area contributed by atoms with Crippen molar-refractivity contribution >= 4 is 5.84 Å². The zero-order valence-electron chi connectivity index (χ0n) is 12.4. The van der Waals surface area contributed by atoms with Gasteiger partial charge in [0.1, 0.15) is 5.82 Å². The molecule has 20 heavy (non-hydrogen) atoms. The van der Waals surface area contributed by atoms with Gasteiger partial charge in [0.25, 0.3) is 0 Å². The van der Waals surface area contributed by atoms with Crippen molar-refractivity contribution in [2.45, 2.75) is 40.3 Å². The van der Waals surface area contributed by atoms with E-state index in [1.807, 2.05) is 0 Å². The van der Waals surface area contributed by atoms with Crippen LogP contribution in [0.1, 0.15) is 38.8 Å². The molecule has 1 fully saturated rings. The maximum Gasteiger partial charge on any atom is 0.173 e. The molecule has 1 saturated carbocycles. The van der Waals surface area contributed by atoms with Gasteiger partial charge in [-0.05, 0) is 16.9 Å². The predicted octanol–water partition coefficient (Wildman–Crippen LogP) is 2.44. The summed E-state index contributed by atoms with van der Waals surface area (Å²) in [6.07, 6.45) is 0. The Morgan fingerprint density at radius 1 is 1.35 bits per heavy atom. The summed E-state index contributed by atoms with van der Waals surface area (Å²) < 4.78 is 14.3. The predicted molar refractivity (Wildman–Crippen MR) is 77.1 cm³/mol. The fourth-order valence-corrected chi connectivity index (χ4v) is 2.89. The maximum absolute atomic E-state index is 14.3. The van der Waals surface area contributed by atoms with E-state index in [4.69, 9.17) is 10.9 Å². The Balaban J connectivity index is 2.13. The molecule has 0 amide bonds. The van der Waals surface area contributed by atoms with E-state index in [0.717, 1.165) is 0 Å². The van der Waals surface area contributed by atoms with Gasteiger partial charge >= 0.3 is 0 Å². The summed E-state index contributed by atoms with van der Waals surface area (Å²) in [5.74, 6) is -0.650. The number of nitrogens with two attached hydrogens (primary N) is 1. The van der Waals surface area contributed by atoms with E-state index in [0.29, 0.717) is 18.2 Å². The van der Waals surface area contributed by atoms with Crippen molar-refractivity contribution < 1.29 is 9.60 Å². The molecule has 2 rings (SSSR count). The van der Waals surface area contributed by atoms with E-state index in [2.05, 4.69) is 38.2 Å². The van der Waals surface area contributed by atoms with Crippen molar-refractivity contribution in [1.82, 2.24) is 5.32 Å². The van der Waals surface area contributed by atoms with Gasteiger partial charge in [-0.1, -0.05) is 45.0 Å². The monoisotopic (exact) mass is 279 g/mol. The Morgan fingerprint density at radius 2 is 1.95 bits per heavy atom. The van der Waals surface area contributed by atoms with E-state index < -0.39 is 5.82 Å². The fraction of sp³-hybridized carbons (Fsp3) is 0.533. The van der Waals surface area contributed by atoms with Crippen molar-refractivity contribution in [3.8, 4) is 0 Å². The minimum absolute atomic E-state index is 0.126. The smallest absolute Gasteiger partial charge is 0.173 e. The van der Waals surface area contributed by atoms with Gasteiger partial charge in [0.05, 0.1) is 5.56 Å². The zero-order valence-corrected chi connectivity index (χ0v) is 12.4. The van der Waals surface area contributed by atoms with Crippen molar-refractivity contribution in [2.24, 2.45) is 21.7 Å². The molecule has 4 nitrogen and oxygen atoms in total. The summed E-state index contributed by atoms with van der Waals surface area (Å²) >= 11 is 0. The number of halogens is 1. The molecule has 1 aromatic carbocycles. The van der Waals surface area contributed by atoms with Crippen molar-refractivity contribution in [1.29, 1.82) is 0 Å². The van der Waals surface area contributed by atoms with Gasteiger partial charge in [0.15, 0.2) is 5.84 Å². The summed E-state index contributed by atoms with van der Waals surface area (Å²) in [4.78, 5) is 0. The molecular formula is C15H22FN3O. The van der Waals surface area contributed by atoms with Gasteiger partial charge < -0.3 is 16.3 Å². The van der Waals surface area contributed by atoms with Crippen LogP contribution >= 0.6 is 0 Å². The summed E-state index contributed by atoms with van der Waals surface area (Å²) in [6, 6.07) is 5.26. The topological polar surface area (TPSA) is 70.6 Å². The first-order chi connectivity index (χ1) is 9.23. The highest BCUT2D eigenvalue weighted by molar-refractivity contribution is 5.97. The summed E-state index contributed by atoms with van der Waals surface area (Å²) in [6.45, 7) is 9.24. The molecule has 0 atom stereocenters. The van der Waals surface area contributed by atoms with Crippen molar-refractivity contribution in [3.05, 3.63) is 35.1 Å². The minimum atomic E-state index is -0.438. The minimum Gasteiger partial charge on any atom is -0.409 e. The molecule has 0 radical (unpaired) electrons. The van der Waals surface area contributed by atoms with Crippen molar-refractivity contribution in [2.75, 3.05) is 0 Å². The zero-order chi connectivity index (χ0) is 15.1. The van der Waals surface area contributed by atoms with Crippen LogP contribution in [-0.2, 0) is 6.54 Å². The number of benzene rings is 1. The van der Waals surface area contributed by atoms with Gasteiger partial charge in [-0.15, -0.1) is 0 Å². The Bertz CT molecular complexity index is 538. The number of amidine groups is 1. The van der Waals surface area contributed by atoms with Crippen LogP contribution in [0, 0.1) is 16.6 Å². The van der Waals surface area contributed by atoms with Gasteiger partial charge in [0, 0.05) is 18.2 Å². The number of nitrogens with one attached hydrogen (secondary N) is 1. The lowest BCUT2D eigenvalue weighted by Crippen LogP contribution is -2.23. The first kappa shape index (κ1) is 14.8. The van der Waals surface area contributed by atoms with E-state index in [1.165, 1.54) is 6.07 Å². The Labute approximate surface area is 118 Å². The quantitative estimate of drug-likeness (QED) is 0.343. The third-order valence-corrected chi connectivity index (χ3v) is 4.98. The van der Waals surface area contributed by atoms with Gasteiger partial charge in [-0.2, -0.15) is 0 Å². The third kappa shape index (κ3) is 2.16. The van der Waals surface area contributed by atoms with Crippen molar-refractivity contribution in [3.63, 3.8) is 0 Å². The van der Waals surface area contributed by atoms with E-state index in [9.17, 15) is 4.39 Å². The Kier molecular flexibility index (Phi) is 3.50. The largest absolute Gasteiger partial charge is 0.409 e. The average molecular weight is 279 g/mol. The summed E-state index contributed by atoms with van der Waals surface area (Å²) in [5, 5.41) is 14.9. The molecule has 4 N–H and O–H groups in total. The van der Waals surface area contributed by atoms with Crippen LogP contribution in [0.2, 0.25) is 0 Å². The Hall–Kier alpha value is -1.62. The van der Waals surface area contributed by atoms with Crippen LogP contribution in [0.25, 0.3) is 0 Å². The number of rotatable bonds is 4. The highest BCUT2D eigenvalue weighted by Gasteiger charge is 2.64. The molecule has 0 saturated heterocycles. The lowest BCUT2D eigenvalue weighted by Gasteiger charge is -2.10.